The molecule has 1 aliphatic heterocycles. The summed E-state index contributed by atoms with van der Waals surface area (Å²) >= 11 is 5.77. The number of carbonyl (C=O) groups is 2. The van der Waals surface area contributed by atoms with E-state index in [4.69, 9.17) is 11.6 Å². The molecule has 7 heteroatoms. The quantitative estimate of drug-likeness (QED) is 0.811. The number of aryl methyl sites for hydroxylation is 1. The number of hydrogen-bond donors (Lipinski definition) is 0. The number of nitrogens with zero attached hydrogens (tertiary/aromatic N) is 2. The van der Waals surface area contributed by atoms with Crippen LogP contribution in [0.3, 0.4) is 0 Å². The SMILES string of the molecule is Cc1cc(N2CC(C(=O)N(C)c3ccc(F)c(Cl)c3)CC2=O)ccc1F. The van der Waals surface area contributed by atoms with Crippen molar-refractivity contribution < 1.29 is 18.4 Å². The van der Waals surface area contributed by atoms with E-state index in [1.165, 1.54) is 40.1 Å². The molecule has 2 aromatic rings. The molecule has 1 saturated heterocycles. The zero-order valence-electron chi connectivity index (χ0n) is 14.3. The molecule has 0 aromatic heterocycles. The molecule has 0 radical (unpaired) electrons. The second-order valence-electron chi connectivity index (χ2n) is 6.33. The zero-order valence-corrected chi connectivity index (χ0v) is 15.1. The fourth-order valence-electron chi connectivity index (χ4n) is 3.01. The van der Waals surface area contributed by atoms with Crippen molar-refractivity contribution in [2.45, 2.75) is 13.3 Å². The summed E-state index contributed by atoms with van der Waals surface area (Å²) < 4.78 is 26.7. The van der Waals surface area contributed by atoms with E-state index < -0.39 is 11.7 Å². The molecule has 1 unspecified atom stereocenters. The molecule has 26 heavy (non-hydrogen) atoms. The summed E-state index contributed by atoms with van der Waals surface area (Å²) in [6.07, 6.45) is 0.0640. The van der Waals surface area contributed by atoms with Crippen LogP contribution in [0.15, 0.2) is 36.4 Å². The van der Waals surface area contributed by atoms with Gasteiger partial charge in [-0.05, 0) is 48.9 Å². The Hall–Kier alpha value is -2.47. The van der Waals surface area contributed by atoms with Gasteiger partial charge in [0.25, 0.3) is 0 Å². The fraction of sp³-hybridized carbons (Fsp3) is 0.263. The van der Waals surface area contributed by atoms with Crippen molar-refractivity contribution >= 4 is 34.8 Å². The van der Waals surface area contributed by atoms with Crippen molar-refractivity contribution in [3.63, 3.8) is 0 Å². The average Bonchev–Trinajstić information content (AvgIpc) is 3.00. The third kappa shape index (κ3) is 3.42. The average molecular weight is 379 g/mol. The van der Waals surface area contributed by atoms with Gasteiger partial charge in [0.1, 0.15) is 11.6 Å². The first-order valence-electron chi connectivity index (χ1n) is 8.07. The number of halogens is 3. The Morgan fingerprint density at radius 2 is 1.88 bits per heavy atom. The molecule has 1 fully saturated rings. The van der Waals surface area contributed by atoms with Gasteiger partial charge < -0.3 is 9.80 Å². The highest BCUT2D eigenvalue weighted by atomic mass is 35.5. The lowest BCUT2D eigenvalue weighted by molar-refractivity contribution is -0.124. The lowest BCUT2D eigenvalue weighted by atomic mass is 10.1. The molecule has 1 atom stereocenters. The van der Waals surface area contributed by atoms with Gasteiger partial charge in [-0.3, -0.25) is 9.59 Å². The molecule has 0 aliphatic carbocycles. The molecule has 0 saturated carbocycles. The normalized spacial score (nSPS) is 16.9. The first kappa shape index (κ1) is 18.3. The van der Waals surface area contributed by atoms with Gasteiger partial charge in [0, 0.05) is 31.4 Å². The first-order valence-corrected chi connectivity index (χ1v) is 8.45. The van der Waals surface area contributed by atoms with Crippen LogP contribution >= 0.6 is 11.6 Å². The predicted octanol–water partition coefficient (Wildman–Crippen LogP) is 3.94. The zero-order chi connectivity index (χ0) is 19.0. The minimum atomic E-state index is -0.565. The Balaban J connectivity index is 1.77. The Labute approximate surface area is 155 Å². The van der Waals surface area contributed by atoms with Gasteiger partial charge >= 0.3 is 0 Å². The van der Waals surface area contributed by atoms with E-state index >= 15 is 0 Å². The van der Waals surface area contributed by atoms with Gasteiger partial charge in [-0.1, -0.05) is 11.6 Å². The lowest BCUT2D eigenvalue weighted by Crippen LogP contribution is -2.34. The summed E-state index contributed by atoms with van der Waals surface area (Å²) in [5, 5.41) is -0.0759. The molecule has 2 aromatic carbocycles. The largest absolute Gasteiger partial charge is 0.315 e. The van der Waals surface area contributed by atoms with Crippen molar-refractivity contribution in [1.29, 1.82) is 0 Å². The maximum atomic E-state index is 13.4. The molecular weight excluding hydrogens is 362 g/mol. The number of hydrogen-bond acceptors (Lipinski definition) is 2. The third-order valence-corrected chi connectivity index (χ3v) is 4.84. The molecule has 136 valence electrons. The highest BCUT2D eigenvalue weighted by molar-refractivity contribution is 6.31. The molecule has 0 spiro atoms. The number of anilines is 2. The minimum Gasteiger partial charge on any atom is -0.315 e. The van der Waals surface area contributed by atoms with Crippen molar-refractivity contribution in [3.05, 3.63) is 58.6 Å². The Bertz CT molecular complexity index is 888. The molecule has 1 aliphatic rings. The maximum Gasteiger partial charge on any atom is 0.232 e. The molecule has 0 N–H and O–H groups in total. The molecule has 2 amide bonds. The number of carbonyl (C=O) groups excluding carboxylic acids is 2. The molecule has 1 heterocycles. The van der Waals surface area contributed by atoms with E-state index in [1.54, 1.807) is 20.0 Å². The van der Waals surface area contributed by atoms with Crippen molar-refractivity contribution in [1.82, 2.24) is 0 Å². The van der Waals surface area contributed by atoms with Crippen LogP contribution in [0.4, 0.5) is 20.2 Å². The number of amides is 2. The van der Waals surface area contributed by atoms with Crippen LogP contribution in [0.2, 0.25) is 5.02 Å². The van der Waals surface area contributed by atoms with Gasteiger partial charge in [0.05, 0.1) is 10.9 Å². The van der Waals surface area contributed by atoms with E-state index in [0.29, 0.717) is 16.9 Å². The summed E-state index contributed by atoms with van der Waals surface area (Å²) in [6.45, 7) is 1.83. The van der Waals surface area contributed by atoms with Gasteiger partial charge in [-0.25, -0.2) is 8.78 Å². The fourth-order valence-corrected chi connectivity index (χ4v) is 3.19. The Kier molecular flexibility index (Phi) is 4.96. The van der Waals surface area contributed by atoms with Crippen LogP contribution in [0.25, 0.3) is 0 Å². The molecule has 4 nitrogen and oxygen atoms in total. The van der Waals surface area contributed by atoms with Gasteiger partial charge in [0.2, 0.25) is 11.8 Å². The van der Waals surface area contributed by atoms with Crippen LogP contribution in [0.1, 0.15) is 12.0 Å². The van der Waals surface area contributed by atoms with Crippen LogP contribution in [0.5, 0.6) is 0 Å². The molecule has 3 rings (SSSR count). The second-order valence-corrected chi connectivity index (χ2v) is 6.74. The van der Waals surface area contributed by atoms with E-state index in [2.05, 4.69) is 0 Å². The highest BCUT2D eigenvalue weighted by Gasteiger charge is 2.37. The first-order chi connectivity index (χ1) is 12.3. The van der Waals surface area contributed by atoms with Crippen LogP contribution < -0.4 is 9.80 Å². The standard InChI is InChI=1S/C19H17ClF2N2O2/c1-11-7-14(4-5-16(11)21)24-10-12(8-18(24)25)19(26)23(2)13-3-6-17(22)15(20)9-13/h3-7,9,12H,8,10H2,1-2H3. The summed E-state index contributed by atoms with van der Waals surface area (Å²) in [6, 6.07) is 8.43. The molecule has 0 bridgehead atoms. The smallest absolute Gasteiger partial charge is 0.232 e. The van der Waals surface area contributed by atoms with Crippen LogP contribution in [-0.2, 0) is 9.59 Å². The van der Waals surface area contributed by atoms with Crippen LogP contribution in [-0.4, -0.2) is 25.4 Å². The van der Waals surface area contributed by atoms with Crippen molar-refractivity contribution in [2.24, 2.45) is 5.92 Å². The minimum absolute atomic E-state index is 0.0640. The van der Waals surface area contributed by atoms with E-state index in [0.717, 1.165) is 0 Å². The van der Waals surface area contributed by atoms with E-state index in [1.807, 2.05) is 0 Å². The summed E-state index contributed by atoms with van der Waals surface area (Å²) in [5.74, 6) is -1.91. The summed E-state index contributed by atoms with van der Waals surface area (Å²) in [4.78, 5) is 27.9. The summed E-state index contributed by atoms with van der Waals surface area (Å²) in [5.41, 5.74) is 1.45. The van der Waals surface area contributed by atoms with Gasteiger partial charge in [0.15, 0.2) is 0 Å². The monoisotopic (exact) mass is 378 g/mol. The molecular formula is C19H17ClF2N2O2. The number of benzene rings is 2. The topological polar surface area (TPSA) is 40.6 Å². The number of rotatable bonds is 3. The van der Waals surface area contributed by atoms with Gasteiger partial charge in [-0.15, -0.1) is 0 Å². The highest BCUT2D eigenvalue weighted by Crippen LogP contribution is 2.29. The second kappa shape index (κ2) is 7.03. The van der Waals surface area contributed by atoms with E-state index in [-0.39, 0.29) is 35.6 Å². The van der Waals surface area contributed by atoms with Crippen molar-refractivity contribution in [3.8, 4) is 0 Å². The predicted molar refractivity (Wildman–Crippen MR) is 96.4 cm³/mol. The summed E-state index contributed by atoms with van der Waals surface area (Å²) in [7, 11) is 1.56. The van der Waals surface area contributed by atoms with Gasteiger partial charge in [-0.2, -0.15) is 0 Å². The van der Waals surface area contributed by atoms with E-state index in [9.17, 15) is 18.4 Å². The Morgan fingerprint density at radius 1 is 1.19 bits per heavy atom. The van der Waals surface area contributed by atoms with Crippen molar-refractivity contribution in [2.75, 3.05) is 23.4 Å². The van der Waals surface area contributed by atoms with Crippen LogP contribution in [0, 0.1) is 24.5 Å². The lowest BCUT2D eigenvalue weighted by Gasteiger charge is -2.22. The Morgan fingerprint density at radius 3 is 2.54 bits per heavy atom. The third-order valence-electron chi connectivity index (χ3n) is 4.55. The maximum absolute atomic E-state index is 13.4.